The second kappa shape index (κ2) is 12.0. The van der Waals surface area contributed by atoms with Gasteiger partial charge in [-0.25, -0.2) is 4.98 Å². The Morgan fingerprint density at radius 2 is 0.750 bits per heavy atom. The van der Waals surface area contributed by atoms with Crippen LogP contribution in [-0.4, -0.2) is 4.98 Å². The van der Waals surface area contributed by atoms with Gasteiger partial charge in [-0.1, -0.05) is 173 Å². The number of nitrogens with zero attached hydrogens (tertiary/aromatic N) is 1. The number of hydrogen-bond donors (Lipinski definition) is 0. The molecule has 2 aliphatic rings. The molecule has 0 aliphatic heterocycles. The molecule has 56 heavy (non-hydrogen) atoms. The molecule has 0 unspecified atom stereocenters. The predicted molar refractivity (Wildman–Crippen MR) is 236 cm³/mol. The van der Waals surface area contributed by atoms with Gasteiger partial charge in [-0.05, 0) is 119 Å². The van der Waals surface area contributed by atoms with Gasteiger partial charge in [0.2, 0.25) is 0 Å². The van der Waals surface area contributed by atoms with Crippen LogP contribution in [0.5, 0.6) is 0 Å². The topological polar surface area (TPSA) is 12.9 Å². The smallest absolute Gasteiger partial charge is 0.0709 e. The first-order valence-corrected chi connectivity index (χ1v) is 19.8. The van der Waals surface area contributed by atoms with Crippen molar-refractivity contribution in [1.29, 1.82) is 0 Å². The molecule has 1 aromatic heterocycles. The predicted octanol–water partition coefficient (Wildman–Crippen LogP) is 14.7. The van der Waals surface area contributed by atoms with Crippen LogP contribution in [0.15, 0.2) is 176 Å². The Hall–Kier alpha value is -6.57. The van der Waals surface area contributed by atoms with Gasteiger partial charge in [0, 0.05) is 22.0 Å². The lowest BCUT2D eigenvalue weighted by Gasteiger charge is -2.24. The van der Waals surface area contributed by atoms with Crippen molar-refractivity contribution in [3.63, 3.8) is 0 Å². The first-order valence-electron chi connectivity index (χ1n) is 19.8. The van der Waals surface area contributed by atoms with Crippen molar-refractivity contribution < 1.29 is 0 Å². The van der Waals surface area contributed by atoms with Gasteiger partial charge in [-0.3, -0.25) is 0 Å². The average molecular weight is 716 g/mol. The maximum Gasteiger partial charge on any atom is 0.0709 e. The summed E-state index contributed by atoms with van der Waals surface area (Å²) < 4.78 is 0. The third-order valence-electron chi connectivity index (χ3n) is 12.9. The molecular weight excluding hydrogens is 675 g/mol. The van der Waals surface area contributed by atoms with Crippen molar-refractivity contribution in [1.82, 2.24) is 4.98 Å². The Balaban J connectivity index is 1.19. The third-order valence-corrected chi connectivity index (χ3v) is 12.9. The summed E-state index contributed by atoms with van der Waals surface area (Å²) in [4.78, 5) is 5.23. The normalized spacial score (nSPS) is 14.4. The summed E-state index contributed by atoms with van der Waals surface area (Å²) >= 11 is 0. The highest BCUT2D eigenvalue weighted by molar-refractivity contribution is 6.22. The van der Waals surface area contributed by atoms with E-state index in [2.05, 4.69) is 204 Å². The van der Waals surface area contributed by atoms with Crippen molar-refractivity contribution in [3.8, 4) is 67.0 Å². The number of pyridine rings is 1. The SMILES string of the molecule is CC1(C)c2ccccc2-c2ccc(-c3c4ccccc4c(-c4ccc5c(c4)C(C)(C)c4ccccc4-5)c4cc(-c5cccc(-c6ccccc6)n5)ccc34)cc21. The number of aromatic nitrogens is 1. The molecule has 0 N–H and O–H groups in total. The highest BCUT2D eigenvalue weighted by Crippen LogP contribution is 2.53. The van der Waals surface area contributed by atoms with Gasteiger partial charge in [0.25, 0.3) is 0 Å². The maximum absolute atomic E-state index is 5.23. The van der Waals surface area contributed by atoms with Gasteiger partial charge in [0.1, 0.15) is 0 Å². The Labute approximate surface area is 329 Å². The largest absolute Gasteiger partial charge is 0.248 e. The van der Waals surface area contributed by atoms with Crippen molar-refractivity contribution in [2.45, 2.75) is 38.5 Å². The van der Waals surface area contributed by atoms with Gasteiger partial charge in [0.15, 0.2) is 0 Å². The van der Waals surface area contributed by atoms with E-state index < -0.39 is 0 Å². The van der Waals surface area contributed by atoms with E-state index in [1.165, 1.54) is 88.3 Å². The van der Waals surface area contributed by atoms with Crippen LogP contribution in [0.4, 0.5) is 0 Å². The summed E-state index contributed by atoms with van der Waals surface area (Å²) in [5.74, 6) is 0. The second-order valence-corrected chi connectivity index (χ2v) is 16.7. The van der Waals surface area contributed by atoms with Crippen LogP contribution in [0.1, 0.15) is 49.9 Å². The highest BCUT2D eigenvalue weighted by atomic mass is 14.7. The Morgan fingerprint density at radius 1 is 0.304 bits per heavy atom. The molecule has 0 spiro atoms. The minimum absolute atomic E-state index is 0.0924. The summed E-state index contributed by atoms with van der Waals surface area (Å²) in [7, 11) is 0. The van der Waals surface area contributed by atoms with E-state index in [1.807, 2.05) is 0 Å². The molecule has 0 atom stereocenters. The molecule has 0 amide bonds. The number of benzene rings is 8. The lowest BCUT2D eigenvalue weighted by atomic mass is 9.79. The minimum atomic E-state index is -0.102. The zero-order valence-electron chi connectivity index (χ0n) is 32.2. The van der Waals surface area contributed by atoms with Gasteiger partial charge in [-0.2, -0.15) is 0 Å². The summed E-state index contributed by atoms with van der Waals surface area (Å²) in [6, 6.07) is 65.2. The molecule has 0 saturated heterocycles. The number of hydrogen-bond acceptors (Lipinski definition) is 1. The molecule has 1 heterocycles. The molecule has 266 valence electrons. The average Bonchev–Trinajstić information content (AvgIpc) is 3.61. The fraction of sp³-hybridized carbons (Fsp3) is 0.109. The minimum Gasteiger partial charge on any atom is -0.248 e. The molecule has 2 aliphatic carbocycles. The Bertz CT molecular complexity index is 3070. The highest BCUT2D eigenvalue weighted by Gasteiger charge is 2.37. The van der Waals surface area contributed by atoms with Crippen molar-refractivity contribution >= 4 is 21.5 Å². The molecule has 11 rings (SSSR count). The van der Waals surface area contributed by atoms with Gasteiger partial charge < -0.3 is 0 Å². The van der Waals surface area contributed by atoms with Crippen LogP contribution in [0.2, 0.25) is 0 Å². The Kier molecular flexibility index (Phi) is 7.01. The zero-order chi connectivity index (χ0) is 37.8. The quantitative estimate of drug-likeness (QED) is 0.165. The summed E-state index contributed by atoms with van der Waals surface area (Å²) in [6.45, 7) is 9.49. The molecule has 1 nitrogen and oxygen atoms in total. The molecule has 8 aromatic carbocycles. The van der Waals surface area contributed by atoms with E-state index in [1.54, 1.807) is 0 Å². The molecule has 9 aromatic rings. The van der Waals surface area contributed by atoms with E-state index >= 15 is 0 Å². The lowest BCUT2D eigenvalue weighted by molar-refractivity contribution is 0.660. The summed E-state index contributed by atoms with van der Waals surface area (Å²) in [5, 5.41) is 5.01. The third kappa shape index (κ3) is 4.70. The van der Waals surface area contributed by atoms with Crippen LogP contribution in [0, 0.1) is 0 Å². The first-order chi connectivity index (χ1) is 27.3. The first kappa shape index (κ1) is 32.8. The summed E-state index contributed by atoms with van der Waals surface area (Å²) in [6.07, 6.45) is 0. The molecule has 0 saturated carbocycles. The zero-order valence-corrected chi connectivity index (χ0v) is 32.2. The summed E-state index contributed by atoms with van der Waals surface area (Å²) in [5.41, 5.74) is 19.9. The van der Waals surface area contributed by atoms with Crippen LogP contribution < -0.4 is 0 Å². The van der Waals surface area contributed by atoms with Crippen LogP contribution >= 0.6 is 0 Å². The van der Waals surface area contributed by atoms with Gasteiger partial charge in [-0.15, -0.1) is 0 Å². The fourth-order valence-corrected chi connectivity index (χ4v) is 10.0. The molecule has 0 fully saturated rings. The van der Waals surface area contributed by atoms with E-state index in [4.69, 9.17) is 4.98 Å². The number of fused-ring (bicyclic) bond motifs is 8. The lowest BCUT2D eigenvalue weighted by Crippen LogP contribution is -2.15. The standard InChI is InChI=1S/C55H41N/c1-54(2)46-21-12-10-17-38(46)40-28-26-36(32-48(40)54)52-42-19-8-9-20-43(42)53(37-27-29-41-39-18-11-13-22-47(39)55(3,4)49(41)33-37)45-31-35(25-30-44(45)52)51-24-14-23-50(56-51)34-15-6-5-7-16-34/h5-33H,1-4H3. The molecule has 1 heteroatoms. The van der Waals surface area contributed by atoms with Crippen LogP contribution in [0.3, 0.4) is 0 Å². The maximum atomic E-state index is 5.23. The molecular formula is C55H41N. The van der Waals surface area contributed by atoms with Gasteiger partial charge >= 0.3 is 0 Å². The van der Waals surface area contributed by atoms with E-state index in [-0.39, 0.29) is 10.8 Å². The van der Waals surface area contributed by atoms with E-state index in [0.29, 0.717) is 0 Å². The molecule has 0 radical (unpaired) electrons. The monoisotopic (exact) mass is 715 g/mol. The van der Waals surface area contributed by atoms with Crippen molar-refractivity contribution in [3.05, 3.63) is 198 Å². The Morgan fingerprint density at radius 3 is 1.34 bits per heavy atom. The van der Waals surface area contributed by atoms with Crippen molar-refractivity contribution in [2.75, 3.05) is 0 Å². The number of rotatable bonds is 4. The van der Waals surface area contributed by atoms with Crippen LogP contribution in [-0.2, 0) is 10.8 Å². The van der Waals surface area contributed by atoms with E-state index in [0.717, 1.165) is 22.5 Å². The second-order valence-electron chi connectivity index (χ2n) is 16.7. The van der Waals surface area contributed by atoms with E-state index in [9.17, 15) is 0 Å². The molecule has 0 bridgehead atoms. The van der Waals surface area contributed by atoms with Crippen molar-refractivity contribution in [2.24, 2.45) is 0 Å². The van der Waals surface area contributed by atoms with Gasteiger partial charge in [0.05, 0.1) is 11.4 Å². The fourth-order valence-electron chi connectivity index (χ4n) is 10.0. The van der Waals surface area contributed by atoms with Crippen LogP contribution in [0.25, 0.3) is 88.6 Å².